The van der Waals surface area contributed by atoms with Crippen LogP contribution in [0.4, 0.5) is 0 Å². The molecular formula is C11H24N2O3S. The van der Waals surface area contributed by atoms with Crippen molar-refractivity contribution in [2.75, 3.05) is 32.1 Å². The Hall–Kier alpha value is -0.170. The molecule has 3 N–H and O–H groups in total. The molecule has 0 atom stereocenters. The van der Waals surface area contributed by atoms with Crippen molar-refractivity contribution in [2.45, 2.75) is 32.1 Å². The first-order valence-corrected chi connectivity index (χ1v) is 8.04. The summed E-state index contributed by atoms with van der Waals surface area (Å²) in [6.45, 7) is 2.49. The quantitative estimate of drug-likeness (QED) is 0.531. The van der Waals surface area contributed by atoms with E-state index >= 15 is 0 Å². The van der Waals surface area contributed by atoms with Crippen LogP contribution in [-0.2, 0) is 14.8 Å². The molecule has 0 bridgehead atoms. The molecule has 0 aliphatic heterocycles. The zero-order valence-corrected chi connectivity index (χ0v) is 11.2. The molecule has 1 aliphatic rings. The molecule has 1 rings (SSSR count). The second kappa shape index (κ2) is 8.02. The van der Waals surface area contributed by atoms with Crippen molar-refractivity contribution < 1.29 is 13.2 Å². The molecule has 1 fully saturated rings. The summed E-state index contributed by atoms with van der Waals surface area (Å²) in [6.07, 6.45) is 4.69. The van der Waals surface area contributed by atoms with Gasteiger partial charge in [-0.1, -0.05) is 0 Å². The highest BCUT2D eigenvalue weighted by atomic mass is 32.2. The molecule has 17 heavy (non-hydrogen) atoms. The number of hydrogen-bond acceptors (Lipinski definition) is 4. The number of nitrogens with two attached hydrogens (primary N) is 1. The molecule has 0 heterocycles. The van der Waals surface area contributed by atoms with Crippen LogP contribution in [0.25, 0.3) is 0 Å². The van der Waals surface area contributed by atoms with E-state index in [9.17, 15) is 8.42 Å². The molecular weight excluding hydrogens is 240 g/mol. The Morgan fingerprint density at radius 3 is 2.65 bits per heavy atom. The van der Waals surface area contributed by atoms with Gasteiger partial charge in [-0.05, 0) is 44.6 Å². The van der Waals surface area contributed by atoms with E-state index in [1.54, 1.807) is 0 Å². The lowest BCUT2D eigenvalue weighted by atomic mass is 10.3. The maximum atomic E-state index is 11.5. The van der Waals surface area contributed by atoms with Crippen molar-refractivity contribution >= 4 is 10.0 Å². The van der Waals surface area contributed by atoms with Crippen molar-refractivity contribution in [2.24, 2.45) is 11.7 Å². The predicted octanol–water partition coefficient (Wildman–Crippen LogP) is 0.461. The lowest BCUT2D eigenvalue weighted by Crippen LogP contribution is -2.28. The number of ether oxygens (including phenoxy) is 1. The van der Waals surface area contributed by atoms with Gasteiger partial charge in [0.05, 0.1) is 5.75 Å². The van der Waals surface area contributed by atoms with Crippen LogP contribution < -0.4 is 10.5 Å². The Labute approximate surface area is 104 Å². The van der Waals surface area contributed by atoms with Crippen LogP contribution in [0.5, 0.6) is 0 Å². The van der Waals surface area contributed by atoms with Gasteiger partial charge in [-0.15, -0.1) is 0 Å². The van der Waals surface area contributed by atoms with Gasteiger partial charge in [0.2, 0.25) is 10.0 Å². The second-order valence-corrected chi connectivity index (χ2v) is 6.51. The van der Waals surface area contributed by atoms with Gasteiger partial charge in [-0.2, -0.15) is 0 Å². The number of hydrogen-bond donors (Lipinski definition) is 2. The number of unbranched alkanes of at least 4 members (excludes halogenated alkanes) is 1. The van der Waals surface area contributed by atoms with E-state index in [4.69, 9.17) is 10.5 Å². The van der Waals surface area contributed by atoms with Gasteiger partial charge in [0.15, 0.2) is 0 Å². The van der Waals surface area contributed by atoms with E-state index in [-0.39, 0.29) is 5.75 Å². The van der Waals surface area contributed by atoms with E-state index in [0.29, 0.717) is 26.1 Å². The van der Waals surface area contributed by atoms with Gasteiger partial charge in [-0.3, -0.25) is 0 Å². The zero-order chi connectivity index (χ0) is 12.6. The van der Waals surface area contributed by atoms with E-state index < -0.39 is 10.0 Å². The highest BCUT2D eigenvalue weighted by molar-refractivity contribution is 7.89. The molecule has 0 radical (unpaired) electrons. The summed E-state index contributed by atoms with van der Waals surface area (Å²) >= 11 is 0. The topological polar surface area (TPSA) is 81.4 Å². The molecule has 0 saturated heterocycles. The Balaban J connectivity index is 1.92. The zero-order valence-electron chi connectivity index (χ0n) is 10.4. The average Bonchev–Trinajstić information content (AvgIpc) is 3.07. The molecule has 6 heteroatoms. The molecule has 5 nitrogen and oxygen atoms in total. The lowest BCUT2D eigenvalue weighted by molar-refractivity contribution is 0.123. The van der Waals surface area contributed by atoms with Crippen LogP contribution in [0, 0.1) is 5.92 Å². The van der Waals surface area contributed by atoms with Crippen LogP contribution in [0.15, 0.2) is 0 Å². The van der Waals surface area contributed by atoms with Crippen LogP contribution >= 0.6 is 0 Å². The molecule has 0 spiro atoms. The smallest absolute Gasteiger partial charge is 0.211 e. The number of nitrogens with one attached hydrogen (secondary N) is 1. The first-order valence-electron chi connectivity index (χ1n) is 6.39. The standard InChI is InChI=1S/C11H24N2O3S/c12-6-1-2-9-17(14,15)13-7-3-8-16-10-11-4-5-11/h11,13H,1-10,12H2. The van der Waals surface area contributed by atoms with E-state index in [1.165, 1.54) is 12.8 Å². The molecule has 0 amide bonds. The van der Waals surface area contributed by atoms with Crippen LogP contribution in [0.3, 0.4) is 0 Å². The summed E-state index contributed by atoms with van der Waals surface area (Å²) in [6, 6.07) is 0. The summed E-state index contributed by atoms with van der Waals surface area (Å²) in [5.41, 5.74) is 5.31. The van der Waals surface area contributed by atoms with Gasteiger partial charge < -0.3 is 10.5 Å². The van der Waals surface area contributed by atoms with Crippen LogP contribution in [0.2, 0.25) is 0 Å². The Kier molecular flexibility index (Phi) is 7.03. The molecule has 0 unspecified atom stereocenters. The van der Waals surface area contributed by atoms with Crippen molar-refractivity contribution in [3.63, 3.8) is 0 Å². The van der Waals surface area contributed by atoms with Gasteiger partial charge in [0, 0.05) is 19.8 Å². The summed E-state index contributed by atoms with van der Waals surface area (Å²) in [5.74, 6) is 0.940. The maximum absolute atomic E-state index is 11.5. The maximum Gasteiger partial charge on any atom is 0.211 e. The molecule has 0 aromatic carbocycles. The van der Waals surface area contributed by atoms with E-state index in [2.05, 4.69) is 4.72 Å². The molecule has 1 aliphatic carbocycles. The van der Waals surface area contributed by atoms with Crippen molar-refractivity contribution in [1.29, 1.82) is 0 Å². The van der Waals surface area contributed by atoms with Crippen LogP contribution in [0.1, 0.15) is 32.1 Å². The van der Waals surface area contributed by atoms with Gasteiger partial charge in [0.25, 0.3) is 0 Å². The summed E-state index contributed by atoms with van der Waals surface area (Å²) in [5, 5.41) is 0. The highest BCUT2D eigenvalue weighted by Gasteiger charge is 2.20. The number of rotatable bonds is 11. The lowest BCUT2D eigenvalue weighted by Gasteiger charge is -2.06. The first-order chi connectivity index (χ1) is 8.14. The molecule has 1 saturated carbocycles. The van der Waals surface area contributed by atoms with Crippen molar-refractivity contribution in [1.82, 2.24) is 4.72 Å². The van der Waals surface area contributed by atoms with E-state index in [1.807, 2.05) is 0 Å². The first kappa shape index (κ1) is 14.9. The normalized spacial score (nSPS) is 16.3. The van der Waals surface area contributed by atoms with Crippen molar-refractivity contribution in [3.05, 3.63) is 0 Å². The minimum Gasteiger partial charge on any atom is -0.381 e. The van der Waals surface area contributed by atoms with Gasteiger partial charge >= 0.3 is 0 Å². The minimum absolute atomic E-state index is 0.174. The minimum atomic E-state index is -3.11. The summed E-state index contributed by atoms with van der Waals surface area (Å²) in [7, 11) is -3.11. The molecule has 0 aromatic rings. The summed E-state index contributed by atoms with van der Waals surface area (Å²) < 4.78 is 30.9. The van der Waals surface area contributed by atoms with Crippen molar-refractivity contribution in [3.8, 4) is 0 Å². The van der Waals surface area contributed by atoms with E-state index in [0.717, 1.165) is 25.4 Å². The van der Waals surface area contributed by atoms with Gasteiger partial charge in [-0.25, -0.2) is 13.1 Å². The third-order valence-electron chi connectivity index (χ3n) is 2.71. The Morgan fingerprint density at radius 1 is 1.24 bits per heavy atom. The molecule has 0 aromatic heterocycles. The fraction of sp³-hybridized carbons (Fsp3) is 1.00. The monoisotopic (exact) mass is 264 g/mol. The Bertz CT molecular complexity index is 289. The fourth-order valence-corrected chi connectivity index (χ4v) is 2.63. The third-order valence-corrected chi connectivity index (χ3v) is 4.18. The largest absolute Gasteiger partial charge is 0.381 e. The summed E-state index contributed by atoms with van der Waals surface area (Å²) in [4.78, 5) is 0. The fourth-order valence-electron chi connectivity index (χ4n) is 1.45. The van der Waals surface area contributed by atoms with Gasteiger partial charge in [0.1, 0.15) is 0 Å². The van der Waals surface area contributed by atoms with Crippen LogP contribution in [-0.4, -0.2) is 40.5 Å². The second-order valence-electron chi connectivity index (χ2n) is 4.58. The highest BCUT2D eigenvalue weighted by Crippen LogP contribution is 2.28. The SMILES string of the molecule is NCCCCS(=O)(=O)NCCCOCC1CC1. The Morgan fingerprint density at radius 2 is 2.00 bits per heavy atom. The third kappa shape index (κ3) is 8.54. The average molecular weight is 264 g/mol. The predicted molar refractivity (Wildman–Crippen MR) is 68.2 cm³/mol. The number of sulfonamides is 1. The molecule has 102 valence electrons.